The van der Waals surface area contributed by atoms with E-state index in [1.165, 1.54) is 0 Å². The van der Waals surface area contributed by atoms with Crippen LogP contribution in [0.4, 0.5) is 5.69 Å². The fourth-order valence-corrected chi connectivity index (χ4v) is 0.947. The zero-order chi connectivity index (χ0) is 8.97. The highest BCUT2D eigenvalue weighted by molar-refractivity contribution is 5.34. The van der Waals surface area contributed by atoms with Crippen LogP contribution in [0.1, 0.15) is 13.8 Å². The lowest BCUT2D eigenvalue weighted by molar-refractivity contribution is 0.807. The topological polar surface area (TPSA) is 38.4 Å². The van der Waals surface area contributed by atoms with Gasteiger partial charge in [-0.1, -0.05) is 18.2 Å². The lowest BCUT2D eigenvalue weighted by Gasteiger charge is -1.94. The largest absolute Gasteiger partial charge is 0.397 e. The van der Waals surface area contributed by atoms with E-state index >= 15 is 0 Å². The van der Waals surface area contributed by atoms with Crippen molar-refractivity contribution >= 4 is 5.69 Å². The molecule has 2 N–H and O–H groups in total. The van der Waals surface area contributed by atoms with Crippen LogP contribution in [0.15, 0.2) is 35.3 Å². The Hall–Kier alpha value is -1.31. The molecule has 2 nitrogen and oxygen atoms in total. The average Bonchev–Trinajstić information content (AvgIpc) is 2.16. The molecular weight excluding hydrogens is 148 g/mol. The van der Waals surface area contributed by atoms with E-state index in [9.17, 15) is 0 Å². The number of nitrogen functional groups attached to an aromatic ring is 1. The molecule has 0 fully saturated rings. The summed E-state index contributed by atoms with van der Waals surface area (Å²) in [6, 6.07) is 9.87. The van der Waals surface area contributed by atoms with Crippen molar-refractivity contribution in [2.75, 3.05) is 5.73 Å². The van der Waals surface area contributed by atoms with Crippen molar-refractivity contribution in [2.24, 2.45) is 4.99 Å². The van der Waals surface area contributed by atoms with Gasteiger partial charge in [0.1, 0.15) is 0 Å². The summed E-state index contributed by atoms with van der Waals surface area (Å²) >= 11 is 0. The van der Waals surface area contributed by atoms with Crippen LogP contribution < -0.4 is 11.1 Å². The van der Waals surface area contributed by atoms with E-state index in [1.807, 2.05) is 44.2 Å². The SMILES string of the molecule is CC(C)N=c1cccccc1N. The minimum atomic E-state index is 0.287. The summed E-state index contributed by atoms with van der Waals surface area (Å²) in [6.07, 6.45) is 0. The summed E-state index contributed by atoms with van der Waals surface area (Å²) in [7, 11) is 0. The second-order valence-corrected chi connectivity index (χ2v) is 2.97. The number of nitrogens with zero attached hydrogens (tertiary/aromatic N) is 1. The molecule has 64 valence electrons. The molecule has 1 aromatic rings. The van der Waals surface area contributed by atoms with Crippen LogP contribution in [0.25, 0.3) is 0 Å². The van der Waals surface area contributed by atoms with Gasteiger partial charge >= 0.3 is 0 Å². The molecule has 0 spiro atoms. The average molecular weight is 162 g/mol. The minimum absolute atomic E-state index is 0.287. The Balaban J connectivity index is 3.26. The second kappa shape index (κ2) is 3.90. The van der Waals surface area contributed by atoms with Crippen molar-refractivity contribution in [1.29, 1.82) is 0 Å². The van der Waals surface area contributed by atoms with Crippen molar-refractivity contribution in [2.45, 2.75) is 19.9 Å². The normalized spacial score (nSPS) is 12.1. The van der Waals surface area contributed by atoms with Crippen LogP contribution in [0.5, 0.6) is 0 Å². The maximum absolute atomic E-state index is 5.76. The molecule has 0 radical (unpaired) electrons. The van der Waals surface area contributed by atoms with Gasteiger partial charge in [-0.3, -0.25) is 4.99 Å². The molecule has 0 saturated heterocycles. The lowest BCUT2D eigenvalue weighted by atomic mass is 10.4. The molecule has 1 aromatic carbocycles. The molecule has 0 bridgehead atoms. The van der Waals surface area contributed by atoms with E-state index in [4.69, 9.17) is 5.73 Å². The second-order valence-electron chi connectivity index (χ2n) is 2.97. The van der Waals surface area contributed by atoms with Crippen LogP contribution in [0, 0.1) is 0 Å². The lowest BCUT2D eigenvalue weighted by Crippen LogP contribution is -2.09. The zero-order valence-electron chi connectivity index (χ0n) is 7.49. The third kappa shape index (κ3) is 2.38. The molecule has 0 saturated carbocycles. The molecule has 0 aliphatic carbocycles. The molecule has 1 rings (SSSR count). The fraction of sp³-hybridized carbons (Fsp3) is 0.300. The first-order chi connectivity index (χ1) is 5.70. The van der Waals surface area contributed by atoms with Crippen LogP contribution in [-0.4, -0.2) is 6.04 Å². The molecular formula is C10H14N2. The van der Waals surface area contributed by atoms with E-state index in [0.29, 0.717) is 0 Å². The van der Waals surface area contributed by atoms with Gasteiger partial charge in [0.2, 0.25) is 0 Å². The van der Waals surface area contributed by atoms with Gasteiger partial charge in [0.25, 0.3) is 0 Å². The Labute approximate surface area is 72.8 Å². The Bertz CT molecular complexity index is 316. The predicted octanol–water partition coefficient (Wildman–Crippen LogP) is 1.58. The highest BCUT2D eigenvalue weighted by atomic mass is 14.8. The van der Waals surface area contributed by atoms with Gasteiger partial charge in [0.05, 0.1) is 11.0 Å². The van der Waals surface area contributed by atoms with Gasteiger partial charge in [-0.05, 0) is 26.0 Å². The van der Waals surface area contributed by atoms with Crippen molar-refractivity contribution in [3.8, 4) is 0 Å². The highest BCUT2D eigenvalue weighted by Gasteiger charge is 1.88. The molecule has 0 amide bonds. The number of hydrogen-bond donors (Lipinski definition) is 1. The molecule has 0 atom stereocenters. The van der Waals surface area contributed by atoms with Crippen LogP contribution >= 0.6 is 0 Å². The van der Waals surface area contributed by atoms with Gasteiger partial charge in [0, 0.05) is 6.04 Å². The smallest absolute Gasteiger partial charge is 0.0806 e. The Morgan fingerprint density at radius 2 is 1.83 bits per heavy atom. The summed E-state index contributed by atoms with van der Waals surface area (Å²) in [5, 5.41) is 0.870. The van der Waals surface area contributed by atoms with Gasteiger partial charge in [0.15, 0.2) is 0 Å². The third-order valence-corrected chi connectivity index (χ3v) is 1.45. The first-order valence-electron chi connectivity index (χ1n) is 4.09. The Morgan fingerprint density at radius 3 is 2.50 bits per heavy atom. The summed E-state index contributed by atoms with van der Waals surface area (Å²) in [6.45, 7) is 4.07. The van der Waals surface area contributed by atoms with Crippen LogP contribution in [-0.2, 0) is 0 Å². The van der Waals surface area contributed by atoms with Crippen LogP contribution in [0.3, 0.4) is 0 Å². The van der Waals surface area contributed by atoms with Crippen LogP contribution in [0.2, 0.25) is 0 Å². The van der Waals surface area contributed by atoms with Crippen molar-refractivity contribution in [3.05, 3.63) is 35.7 Å². The number of nitrogens with two attached hydrogens (primary N) is 1. The van der Waals surface area contributed by atoms with E-state index in [1.54, 1.807) is 0 Å². The van der Waals surface area contributed by atoms with E-state index < -0.39 is 0 Å². The zero-order valence-corrected chi connectivity index (χ0v) is 7.49. The quantitative estimate of drug-likeness (QED) is 0.669. The number of anilines is 1. The summed E-state index contributed by atoms with van der Waals surface area (Å²) in [4.78, 5) is 4.37. The maximum atomic E-state index is 5.76. The predicted molar refractivity (Wildman–Crippen MR) is 51.6 cm³/mol. The fourth-order valence-electron chi connectivity index (χ4n) is 0.947. The highest BCUT2D eigenvalue weighted by Crippen LogP contribution is 1.91. The van der Waals surface area contributed by atoms with Crippen molar-refractivity contribution in [1.82, 2.24) is 0 Å². The molecule has 12 heavy (non-hydrogen) atoms. The summed E-state index contributed by atoms with van der Waals surface area (Å²) in [5.74, 6) is 0. The van der Waals surface area contributed by atoms with Gasteiger partial charge < -0.3 is 5.73 Å². The first-order valence-corrected chi connectivity index (χ1v) is 4.09. The van der Waals surface area contributed by atoms with E-state index in [0.717, 1.165) is 11.0 Å². The summed E-state index contributed by atoms with van der Waals surface area (Å²) < 4.78 is 0. The third-order valence-electron chi connectivity index (χ3n) is 1.45. The minimum Gasteiger partial charge on any atom is -0.397 e. The molecule has 0 aromatic heterocycles. The number of rotatable bonds is 1. The monoisotopic (exact) mass is 162 g/mol. The molecule has 0 aliphatic rings. The standard InChI is InChI=1S/C10H14N2/c1-8(2)12-10-7-5-3-4-6-9(10)11/h3-8H,1-2H3,(H2,11,12). The van der Waals surface area contributed by atoms with E-state index in [2.05, 4.69) is 4.99 Å². The first kappa shape index (κ1) is 8.78. The Kier molecular flexibility index (Phi) is 2.86. The van der Waals surface area contributed by atoms with Crippen molar-refractivity contribution in [3.63, 3.8) is 0 Å². The van der Waals surface area contributed by atoms with Gasteiger partial charge in [-0.15, -0.1) is 0 Å². The van der Waals surface area contributed by atoms with E-state index in [-0.39, 0.29) is 6.04 Å². The maximum Gasteiger partial charge on any atom is 0.0806 e. The molecule has 0 heterocycles. The van der Waals surface area contributed by atoms with Gasteiger partial charge in [-0.2, -0.15) is 0 Å². The molecule has 2 heteroatoms. The summed E-state index contributed by atoms with van der Waals surface area (Å²) in [5.41, 5.74) is 6.49. The van der Waals surface area contributed by atoms with Gasteiger partial charge in [-0.25, -0.2) is 0 Å². The Morgan fingerprint density at radius 1 is 1.17 bits per heavy atom. The number of hydrogen-bond acceptors (Lipinski definition) is 2. The molecule has 0 aliphatic heterocycles. The van der Waals surface area contributed by atoms with Crippen molar-refractivity contribution < 1.29 is 0 Å². The molecule has 0 unspecified atom stereocenters.